The summed E-state index contributed by atoms with van der Waals surface area (Å²) >= 11 is 6.41. The predicted octanol–water partition coefficient (Wildman–Crippen LogP) is 4.79. The maximum absolute atomic E-state index is 11.4. The van der Waals surface area contributed by atoms with Crippen LogP contribution in [0.2, 0.25) is 5.02 Å². The molecule has 0 fully saturated rings. The normalized spacial score (nSPS) is 10.9. The maximum atomic E-state index is 11.4. The van der Waals surface area contributed by atoms with Crippen LogP contribution in [0.1, 0.15) is 5.69 Å². The summed E-state index contributed by atoms with van der Waals surface area (Å²) in [5.41, 5.74) is 4.66. The molecular weight excluding hydrogens is 452 g/mol. The van der Waals surface area contributed by atoms with Gasteiger partial charge in [0.05, 0.1) is 52.9 Å². The average Bonchev–Trinajstić information content (AvgIpc) is 3.48. The van der Waals surface area contributed by atoms with E-state index >= 15 is 0 Å². The van der Waals surface area contributed by atoms with Gasteiger partial charge < -0.3 is 15.6 Å². The van der Waals surface area contributed by atoms with Crippen LogP contribution in [0.3, 0.4) is 0 Å². The molecule has 9 nitrogen and oxygen atoms in total. The summed E-state index contributed by atoms with van der Waals surface area (Å²) < 4.78 is 1.74. The summed E-state index contributed by atoms with van der Waals surface area (Å²) in [4.78, 5) is 27.9. The van der Waals surface area contributed by atoms with Gasteiger partial charge in [0, 0.05) is 28.9 Å². The smallest absolute Gasteiger partial charge is 0.247 e. The number of amides is 1. The summed E-state index contributed by atoms with van der Waals surface area (Å²) in [7, 11) is 0. The number of pyridine rings is 1. The summed E-state index contributed by atoms with van der Waals surface area (Å²) in [5, 5.41) is 11.7. The predicted molar refractivity (Wildman–Crippen MR) is 132 cm³/mol. The molecule has 34 heavy (non-hydrogen) atoms. The number of nitrogens with zero attached hydrogens (tertiary/aromatic N) is 5. The number of fused-ring (bicyclic) bond motifs is 1. The number of carbonyl (C=O) groups excluding carboxylic acids is 1. The summed E-state index contributed by atoms with van der Waals surface area (Å²) in [6.45, 7) is 3.89. The Morgan fingerprint density at radius 2 is 2.00 bits per heavy atom. The highest BCUT2D eigenvalue weighted by atomic mass is 35.5. The number of para-hydroxylation sites is 1. The van der Waals surface area contributed by atoms with E-state index in [1.54, 1.807) is 29.3 Å². The van der Waals surface area contributed by atoms with E-state index in [-0.39, 0.29) is 5.91 Å². The van der Waals surface area contributed by atoms with Crippen LogP contribution in [0.5, 0.6) is 0 Å². The first-order valence-corrected chi connectivity index (χ1v) is 10.7. The first kappa shape index (κ1) is 21.4. The van der Waals surface area contributed by atoms with Gasteiger partial charge in [-0.1, -0.05) is 36.4 Å². The van der Waals surface area contributed by atoms with Crippen LogP contribution in [-0.2, 0) is 11.3 Å². The van der Waals surface area contributed by atoms with Crippen molar-refractivity contribution in [3.8, 4) is 11.3 Å². The standard InChI is InChI=1S/C24H19ClN8O/c1-2-22(34)30-15-7-8-16(26-9-15)13-33-14-17(10-29-33)31-24-28-12-20(25)23(32-24)19-11-27-21-6-4-3-5-18(19)21/h2-12,14,27H,1,13H2,(H,30,34)(H,28,31,32). The van der Waals surface area contributed by atoms with E-state index in [0.29, 0.717) is 28.9 Å². The lowest BCUT2D eigenvalue weighted by atomic mass is 10.1. The molecule has 0 aliphatic heterocycles. The summed E-state index contributed by atoms with van der Waals surface area (Å²) in [6.07, 6.45) is 9.78. The van der Waals surface area contributed by atoms with Gasteiger partial charge in [0.2, 0.25) is 11.9 Å². The molecule has 4 aromatic heterocycles. The fourth-order valence-electron chi connectivity index (χ4n) is 3.48. The van der Waals surface area contributed by atoms with Gasteiger partial charge in [-0.05, 0) is 24.3 Å². The number of hydrogen-bond acceptors (Lipinski definition) is 6. The van der Waals surface area contributed by atoms with Crippen molar-refractivity contribution in [2.45, 2.75) is 6.54 Å². The first-order chi connectivity index (χ1) is 16.6. The number of rotatable bonds is 7. The molecule has 168 valence electrons. The Hall–Kier alpha value is -4.50. The molecular formula is C24H19ClN8O. The molecule has 0 saturated carbocycles. The van der Waals surface area contributed by atoms with Gasteiger partial charge in [0.1, 0.15) is 0 Å². The van der Waals surface area contributed by atoms with Crippen molar-refractivity contribution in [1.29, 1.82) is 0 Å². The number of nitrogens with one attached hydrogen (secondary N) is 3. The summed E-state index contributed by atoms with van der Waals surface area (Å²) in [6, 6.07) is 11.6. The molecule has 0 bridgehead atoms. The highest BCUT2D eigenvalue weighted by Crippen LogP contribution is 2.32. The third-order valence-electron chi connectivity index (χ3n) is 5.08. The maximum Gasteiger partial charge on any atom is 0.247 e. The average molecular weight is 471 g/mol. The molecule has 0 radical (unpaired) electrons. The van der Waals surface area contributed by atoms with Crippen LogP contribution in [-0.4, -0.2) is 35.6 Å². The molecule has 0 aliphatic carbocycles. The monoisotopic (exact) mass is 470 g/mol. The van der Waals surface area contributed by atoms with E-state index < -0.39 is 0 Å². The Bertz CT molecular complexity index is 1490. The van der Waals surface area contributed by atoms with Crippen LogP contribution < -0.4 is 10.6 Å². The molecule has 3 N–H and O–H groups in total. The number of aromatic nitrogens is 6. The highest BCUT2D eigenvalue weighted by molar-refractivity contribution is 6.33. The number of aromatic amines is 1. The van der Waals surface area contributed by atoms with E-state index in [0.717, 1.165) is 27.8 Å². The van der Waals surface area contributed by atoms with E-state index in [2.05, 4.69) is 42.2 Å². The Morgan fingerprint density at radius 1 is 1.12 bits per heavy atom. The Kier molecular flexibility index (Phi) is 5.75. The Morgan fingerprint density at radius 3 is 2.82 bits per heavy atom. The minimum atomic E-state index is -0.283. The minimum Gasteiger partial charge on any atom is -0.360 e. The van der Waals surface area contributed by atoms with Crippen LogP contribution in [0.4, 0.5) is 17.3 Å². The van der Waals surface area contributed by atoms with E-state index in [9.17, 15) is 4.79 Å². The fraction of sp³-hybridized carbons (Fsp3) is 0.0417. The zero-order valence-corrected chi connectivity index (χ0v) is 18.6. The van der Waals surface area contributed by atoms with E-state index in [1.807, 2.05) is 42.7 Å². The third-order valence-corrected chi connectivity index (χ3v) is 5.36. The van der Waals surface area contributed by atoms with Gasteiger partial charge in [-0.2, -0.15) is 5.10 Å². The van der Waals surface area contributed by atoms with Crippen molar-refractivity contribution < 1.29 is 4.79 Å². The second-order valence-corrected chi connectivity index (χ2v) is 7.83. The minimum absolute atomic E-state index is 0.283. The Balaban J connectivity index is 1.31. The fourth-order valence-corrected chi connectivity index (χ4v) is 3.67. The van der Waals surface area contributed by atoms with Crippen LogP contribution in [0.25, 0.3) is 22.2 Å². The lowest BCUT2D eigenvalue weighted by Gasteiger charge is -2.06. The third kappa shape index (κ3) is 4.50. The van der Waals surface area contributed by atoms with Crippen LogP contribution in [0, 0.1) is 0 Å². The van der Waals surface area contributed by atoms with Gasteiger partial charge in [0.25, 0.3) is 0 Å². The molecule has 1 aromatic carbocycles. The highest BCUT2D eigenvalue weighted by Gasteiger charge is 2.13. The number of H-pyrrole nitrogens is 1. The molecule has 10 heteroatoms. The number of anilines is 3. The number of hydrogen-bond donors (Lipinski definition) is 3. The topological polar surface area (TPSA) is 113 Å². The molecule has 0 saturated heterocycles. The number of benzene rings is 1. The van der Waals surface area contributed by atoms with Crippen molar-refractivity contribution in [3.05, 3.63) is 90.8 Å². The molecule has 1 amide bonds. The zero-order chi connectivity index (χ0) is 23.5. The second-order valence-electron chi connectivity index (χ2n) is 7.42. The van der Waals surface area contributed by atoms with Crippen molar-refractivity contribution >= 4 is 45.7 Å². The molecule has 4 heterocycles. The molecule has 5 rings (SSSR count). The SMILES string of the molecule is C=CC(=O)Nc1ccc(Cn2cc(Nc3ncc(Cl)c(-c4c[nH]c5ccccc45)n3)cn2)nc1. The van der Waals surface area contributed by atoms with E-state index in [4.69, 9.17) is 11.6 Å². The Labute approximate surface area is 199 Å². The lowest BCUT2D eigenvalue weighted by Crippen LogP contribution is -2.08. The molecule has 0 atom stereocenters. The second kappa shape index (κ2) is 9.16. The largest absolute Gasteiger partial charge is 0.360 e. The quantitative estimate of drug-likeness (QED) is 0.295. The van der Waals surface area contributed by atoms with Crippen molar-refractivity contribution in [3.63, 3.8) is 0 Å². The van der Waals surface area contributed by atoms with Gasteiger partial charge in [-0.15, -0.1) is 0 Å². The zero-order valence-electron chi connectivity index (χ0n) is 17.9. The van der Waals surface area contributed by atoms with Crippen molar-refractivity contribution in [2.75, 3.05) is 10.6 Å². The lowest BCUT2D eigenvalue weighted by molar-refractivity contribution is -0.111. The molecule has 0 unspecified atom stereocenters. The van der Waals surface area contributed by atoms with Gasteiger partial charge in [-0.25, -0.2) is 9.97 Å². The number of carbonyl (C=O) groups is 1. The van der Waals surface area contributed by atoms with Crippen LogP contribution in [0.15, 0.2) is 80.0 Å². The van der Waals surface area contributed by atoms with Crippen LogP contribution >= 0.6 is 11.6 Å². The van der Waals surface area contributed by atoms with Gasteiger partial charge in [0.15, 0.2) is 0 Å². The van der Waals surface area contributed by atoms with Crippen molar-refractivity contribution in [2.24, 2.45) is 0 Å². The molecule has 5 aromatic rings. The molecule has 0 aliphatic rings. The number of halogens is 1. The first-order valence-electron chi connectivity index (χ1n) is 10.4. The molecule has 0 spiro atoms. The van der Waals surface area contributed by atoms with E-state index in [1.165, 1.54) is 6.08 Å². The summed E-state index contributed by atoms with van der Waals surface area (Å²) in [5.74, 6) is 0.124. The van der Waals surface area contributed by atoms with Crippen molar-refractivity contribution in [1.82, 2.24) is 29.7 Å². The van der Waals surface area contributed by atoms with Gasteiger partial charge in [-0.3, -0.25) is 14.5 Å². The van der Waals surface area contributed by atoms with Gasteiger partial charge >= 0.3 is 0 Å².